The lowest BCUT2D eigenvalue weighted by Gasteiger charge is -2.19. The van der Waals surface area contributed by atoms with Crippen molar-refractivity contribution in [2.45, 2.75) is 12.3 Å². The monoisotopic (exact) mass is 294 g/mol. The summed E-state index contributed by atoms with van der Waals surface area (Å²) in [5.74, 6) is -1.41. The van der Waals surface area contributed by atoms with Crippen LogP contribution in [0.1, 0.15) is 17.2 Å². The maximum absolute atomic E-state index is 13.0. The molecule has 5 nitrogen and oxygen atoms in total. The molecule has 0 bridgehead atoms. The number of esters is 1. The molecule has 1 atom stereocenters. The van der Waals surface area contributed by atoms with E-state index in [9.17, 15) is 23.1 Å². The number of halogens is 3. The van der Waals surface area contributed by atoms with E-state index in [1.807, 2.05) is 0 Å². The zero-order valence-electron chi connectivity index (χ0n) is 10.9. The second-order valence-corrected chi connectivity index (χ2v) is 3.72. The molecule has 1 aromatic carbocycles. The predicted molar refractivity (Wildman–Crippen MR) is 61.5 cm³/mol. The smallest absolute Gasteiger partial charge is 0.416 e. The Balaban J connectivity index is 3.50. The number of benzene rings is 1. The van der Waals surface area contributed by atoms with Gasteiger partial charge >= 0.3 is 12.1 Å². The van der Waals surface area contributed by atoms with Crippen molar-refractivity contribution in [2.24, 2.45) is 0 Å². The minimum absolute atomic E-state index is 0.0431. The van der Waals surface area contributed by atoms with E-state index >= 15 is 0 Å². The summed E-state index contributed by atoms with van der Waals surface area (Å²) in [5, 5.41) is 9.65. The lowest BCUT2D eigenvalue weighted by atomic mass is 10.0. The van der Waals surface area contributed by atoms with Gasteiger partial charge in [0.25, 0.3) is 0 Å². The summed E-state index contributed by atoms with van der Waals surface area (Å²) in [7, 11) is 3.35. The van der Waals surface area contributed by atoms with E-state index in [2.05, 4.69) is 4.74 Å². The highest BCUT2D eigenvalue weighted by Crippen LogP contribution is 2.41. The number of alkyl halides is 3. The molecule has 1 unspecified atom stereocenters. The first-order valence-electron chi connectivity index (χ1n) is 5.35. The van der Waals surface area contributed by atoms with Crippen molar-refractivity contribution < 1.29 is 37.3 Å². The average molecular weight is 294 g/mol. The third-order valence-electron chi connectivity index (χ3n) is 2.58. The fourth-order valence-corrected chi connectivity index (χ4v) is 1.61. The lowest BCUT2D eigenvalue weighted by Crippen LogP contribution is -2.19. The van der Waals surface area contributed by atoms with Crippen LogP contribution in [0, 0.1) is 0 Å². The molecule has 0 saturated carbocycles. The molecule has 8 heteroatoms. The van der Waals surface area contributed by atoms with Crippen LogP contribution in [0.3, 0.4) is 0 Å². The van der Waals surface area contributed by atoms with Crippen LogP contribution in [-0.4, -0.2) is 32.4 Å². The molecule has 112 valence electrons. The fraction of sp³-hybridized carbons (Fsp3) is 0.417. The van der Waals surface area contributed by atoms with E-state index in [0.29, 0.717) is 6.07 Å². The highest BCUT2D eigenvalue weighted by atomic mass is 19.4. The van der Waals surface area contributed by atoms with E-state index in [0.717, 1.165) is 13.2 Å². The molecule has 1 aromatic rings. The van der Waals surface area contributed by atoms with Crippen molar-refractivity contribution in [3.8, 4) is 11.5 Å². The van der Waals surface area contributed by atoms with E-state index in [4.69, 9.17) is 9.47 Å². The molecule has 1 N–H and O–H groups in total. The normalized spacial score (nSPS) is 12.8. The second-order valence-electron chi connectivity index (χ2n) is 3.72. The van der Waals surface area contributed by atoms with Gasteiger partial charge in [-0.15, -0.1) is 0 Å². The van der Waals surface area contributed by atoms with E-state index in [1.54, 1.807) is 0 Å². The Morgan fingerprint density at radius 3 is 2.05 bits per heavy atom. The summed E-state index contributed by atoms with van der Waals surface area (Å²) >= 11 is 0. The van der Waals surface area contributed by atoms with Crippen LogP contribution < -0.4 is 9.47 Å². The molecular formula is C12H13F3O5. The molecule has 0 aromatic heterocycles. The maximum Gasteiger partial charge on any atom is 0.416 e. The van der Waals surface area contributed by atoms with Crippen LogP contribution in [0.2, 0.25) is 0 Å². The van der Waals surface area contributed by atoms with Gasteiger partial charge in [-0.1, -0.05) is 0 Å². The molecule has 0 aliphatic rings. The molecular weight excluding hydrogens is 281 g/mol. The van der Waals surface area contributed by atoms with Gasteiger partial charge in [0.05, 0.1) is 26.9 Å². The van der Waals surface area contributed by atoms with Gasteiger partial charge in [-0.25, -0.2) is 4.79 Å². The quantitative estimate of drug-likeness (QED) is 0.860. The van der Waals surface area contributed by atoms with Crippen LogP contribution in [0.15, 0.2) is 12.1 Å². The first-order valence-corrected chi connectivity index (χ1v) is 5.35. The van der Waals surface area contributed by atoms with Crippen molar-refractivity contribution in [3.63, 3.8) is 0 Å². The minimum Gasteiger partial charge on any atom is -0.493 e. The highest BCUT2D eigenvalue weighted by molar-refractivity contribution is 5.77. The van der Waals surface area contributed by atoms with Crippen LogP contribution in [0.25, 0.3) is 0 Å². The number of methoxy groups -OCH3 is 3. The van der Waals surface area contributed by atoms with Gasteiger partial charge in [-0.05, 0) is 12.1 Å². The predicted octanol–water partition coefficient (Wildman–Crippen LogP) is 1.93. The van der Waals surface area contributed by atoms with Gasteiger partial charge in [-0.2, -0.15) is 13.2 Å². The van der Waals surface area contributed by atoms with Crippen LogP contribution >= 0.6 is 0 Å². The molecule has 1 rings (SSSR count). The SMILES string of the molecule is COC(=O)C(O)c1cc(OC)c(OC)cc1C(F)(F)F. The van der Waals surface area contributed by atoms with E-state index in [1.165, 1.54) is 14.2 Å². The van der Waals surface area contributed by atoms with Crippen molar-refractivity contribution >= 4 is 5.97 Å². The Morgan fingerprint density at radius 1 is 1.15 bits per heavy atom. The summed E-state index contributed by atoms with van der Waals surface area (Å²) in [6.45, 7) is 0. The standard InChI is InChI=1S/C12H13F3O5/c1-18-8-4-6(10(16)11(17)20-3)7(12(13,14)15)5-9(8)19-2/h4-5,10,16H,1-3H3. The van der Waals surface area contributed by atoms with Crippen molar-refractivity contribution in [3.05, 3.63) is 23.3 Å². The summed E-state index contributed by atoms with van der Waals surface area (Å²) in [5.41, 5.74) is -1.87. The number of aliphatic hydroxyl groups is 1. The van der Waals surface area contributed by atoms with Gasteiger partial charge in [0.1, 0.15) is 0 Å². The van der Waals surface area contributed by atoms with Gasteiger partial charge < -0.3 is 19.3 Å². The van der Waals surface area contributed by atoms with Gasteiger partial charge in [0.2, 0.25) is 0 Å². The van der Waals surface area contributed by atoms with Gasteiger partial charge in [-0.3, -0.25) is 0 Å². The molecule has 0 aliphatic heterocycles. The summed E-state index contributed by atoms with van der Waals surface area (Å²) in [6, 6.07) is 1.55. The Labute approximate surface area is 112 Å². The Morgan fingerprint density at radius 2 is 1.65 bits per heavy atom. The maximum atomic E-state index is 13.0. The number of aliphatic hydroxyl groups excluding tert-OH is 1. The fourth-order valence-electron chi connectivity index (χ4n) is 1.61. The van der Waals surface area contributed by atoms with Crippen LogP contribution in [0.5, 0.6) is 11.5 Å². The van der Waals surface area contributed by atoms with Crippen LogP contribution in [-0.2, 0) is 15.7 Å². The molecule has 20 heavy (non-hydrogen) atoms. The van der Waals surface area contributed by atoms with E-state index in [-0.39, 0.29) is 11.5 Å². The van der Waals surface area contributed by atoms with Crippen LogP contribution in [0.4, 0.5) is 13.2 Å². The minimum atomic E-state index is -4.77. The van der Waals surface area contributed by atoms with Crippen molar-refractivity contribution in [2.75, 3.05) is 21.3 Å². The summed E-state index contributed by atoms with van der Waals surface area (Å²) < 4.78 is 52.8. The van der Waals surface area contributed by atoms with Gasteiger partial charge in [0, 0.05) is 5.56 Å². The molecule has 0 amide bonds. The number of carbonyl (C=O) groups is 1. The largest absolute Gasteiger partial charge is 0.493 e. The second kappa shape index (κ2) is 6.00. The number of hydrogen-bond acceptors (Lipinski definition) is 5. The molecule has 0 aliphatic carbocycles. The third kappa shape index (κ3) is 3.13. The summed E-state index contributed by atoms with van der Waals surface area (Å²) in [6.07, 6.45) is -6.85. The van der Waals surface area contributed by atoms with E-state index < -0.39 is 29.4 Å². The van der Waals surface area contributed by atoms with Crippen molar-refractivity contribution in [1.29, 1.82) is 0 Å². The Kier molecular flexibility index (Phi) is 4.83. The molecule has 0 fully saturated rings. The number of hydrogen-bond donors (Lipinski definition) is 1. The molecule has 0 spiro atoms. The lowest BCUT2D eigenvalue weighted by molar-refractivity contribution is -0.152. The first kappa shape index (κ1) is 16.1. The Bertz CT molecular complexity index is 499. The summed E-state index contributed by atoms with van der Waals surface area (Å²) in [4.78, 5) is 11.2. The molecule has 0 heterocycles. The van der Waals surface area contributed by atoms with Gasteiger partial charge in [0.15, 0.2) is 17.6 Å². The number of ether oxygens (including phenoxy) is 3. The Hall–Kier alpha value is -1.96. The zero-order valence-corrected chi connectivity index (χ0v) is 10.9. The first-order chi connectivity index (χ1) is 9.26. The topological polar surface area (TPSA) is 65.0 Å². The van der Waals surface area contributed by atoms with Crippen molar-refractivity contribution in [1.82, 2.24) is 0 Å². The third-order valence-corrected chi connectivity index (χ3v) is 2.58. The molecule has 0 radical (unpaired) electrons. The number of rotatable bonds is 4. The zero-order chi connectivity index (χ0) is 15.5. The molecule has 0 saturated heterocycles. The highest BCUT2D eigenvalue weighted by Gasteiger charge is 2.38. The average Bonchev–Trinajstić information content (AvgIpc) is 2.42. The number of carbonyl (C=O) groups excluding carboxylic acids is 1.